The van der Waals surface area contributed by atoms with Crippen LogP contribution in [0.4, 0.5) is 13.2 Å². The Morgan fingerprint density at radius 2 is 1.92 bits per heavy atom. The second-order valence-electron chi connectivity index (χ2n) is 9.29. The lowest BCUT2D eigenvalue weighted by atomic mass is 9.94. The molecule has 0 amide bonds. The van der Waals surface area contributed by atoms with Crippen LogP contribution in [-0.2, 0) is 11.0 Å². The Labute approximate surface area is 219 Å². The first-order valence-corrected chi connectivity index (χ1v) is 12.2. The van der Waals surface area contributed by atoms with Gasteiger partial charge < -0.3 is 19.6 Å². The van der Waals surface area contributed by atoms with Crippen LogP contribution in [0.3, 0.4) is 0 Å². The van der Waals surface area contributed by atoms with Gasteiger partial charge in [-0.25, -0.2) is 9.97 Å². The van der Waals surface area contributed by atoms with Crippen molar-refractivity contribution in [3.05, 3.63) is 60.2 Å². The largest absolute Gasteiger partial charge is 0.481 e. The van der Waals surface area contributed by atoms with E-state index in [4.69, 9.17) is 9.63 Å². The number of carboxylic acids is 1. The zero-order chi connectivity index (χ0) is 27.6. The average Bonchev–Trinajstić information content (AvgIpc) is 3.57. The highest BCUT2D eigenvalue weighted by atomic mass is 19.4. The number of carboxylic acid groups (broad SMARTS) is 1. The third-order valence-corrected chi connectivity index (χ3v) is 6.49. The quantitative estimate of drug-likeness (QED) is 0.338. The summed E-state index contributed by atoms with van der Waals surface area (Å²) >= 11 is 0. The third kappa shape index (κ3) is 5.96. The molecule has 204 valence electrons. The van der Waals surface area contributed by atoms with Gasteiger partial charge in [0.2, 0.25) is 5.82 Å². The van der Waals surface area contributed by atoms with Gasteiger partial charge in [0.15, 0.2) is 5.69 Å². The van der Waals surface area contributed by atoms with Crippen LogP contribution < -0.4 is 0 Å². The number of carbonyl (C=O) groups is 1. The summed E-state index contributed by atoms with van der Waals surface area (Å²) in [6.07, 6.45) is -0.196. The Morgan fingerprint density at radius 1 is 1.18 bits per heavy atom. The molecular weight excluding hydrogens is 519 g/mol. The molecule has 1 aliphatic heterocycles. The van der Waals surface area contributed by atoms with Gasteiger partial charge in [-0.3, -0.25) is 4.79 Å². The molecule has 11 nitrogen and oxygen atoms in total. The molecule has 1 aliphatic rings. The van der Waals surface area contributed by atoms with Crippen LogP contribution in [0.15, 0.2) is 53.4 Å². The highest BCUT2D eigenvalue weighted by Crippen LogP contribution is 2.38. The minimum absolute atomic E-state index is 0.0587. The maximum atomic E-state index is 13.9. The summed E-state index contributed by atoms with van der Waals surface area (Å²) in [4.78, 5) is 24.9. The number of nitrogens with zero attached hydrogens (tertiary/aromatic N) is 7. The molecule has 39 heavy (non-hydrogen) atoms. The van der Waals surface area contributed by atoms with Crippen molar-refractivity contribution in [2.24, 2.45) is 5.92 Å². The summed E-state index contributed by atoms with van der Waals surface area (Å²) < 4.78 is 47.6. The van der Waals surface area contributed by atoms with Gasteiger partial charge in [0.25, 0.3) is 11.8 Å². The van der Waals surface area contributed by atoms with Crippen molar-refractivity contribution in [1.29, 1.82) is 0 Å². The molecule has 0 aliphatic carbocycles. The lowest BCUT2D eigenvalue weighted by Gasteiger charge is -2.33. The lowest BCUT2D eigenvalue weighted by Crippen LogP contribution is -2.38. The van der Waals surface area contributed by atoms with Crippen LogP contribution >= 0.6 is 0 Å². The minimum Gasteiger partial charge on any atom is -0.481 e. The van der Waals surface area contributed by atoms with Gasteiger partial charge in [-0.05, 0) is 36.9 Å². The predicted molar refractivity (Wildman–Crippen MR) is 129 cm³/mol. The number of likely N-dealkylation sites (tertiary alicyclic amines) is 1. The number of hydrogen-bond donors (Lipinski definition) is 2. The Hall–Kier alpha value is -4.17. The number of β-amino-alcohol motifs (C(OH)–C–C–N with tert-alkyl or cyclic N) is 1. The Bertz CT molecular complexity index is 1420. The van der Waals surface area contributed by atoms with Crippen molar-refractivity contribution in [2.45, 2.75) is 31.5 Å². The van der Waals surface area contributed by atoms with E-state index in [2.05, 4.69) is 30.1 Å². The SMILES string of the molecule is O=C(O)C[C@H]1CCCN(C[C@@H](O)c2ccc(-c3noc(-c4cnn(-c5ncccn5)c4C(F)(F)F)n3)cc2)C1. The topological polar surface area (TPSA) is 143 Å². The fourth-order valence-corrected chi connectivity index (χ4v) is 4.72. The Morgan fingerprint density at radius 3 is 2.62 bits per heavy atom. The first-order valence-electron chi connectivity index (χ1n) is 12.2. The number of aliphatic hydroxyl groups excluding tert-OH is 1. The normalized spacial score (nSPS) is 17.3. The second-order valence-corrected chi connectivity index (χ2v) is 9.29. The molecule has 0 saturated carbocycles. The van der Waals surface area contributed by atoms with E-state index in [1.165, 1.54) is 18.5 Å². The molecular formula is C25H24F3N7O4. The van der Waals surface area contributed by atoms with Crippen LogP contribution in [0.1, 0.15) is 36.6 Å². The number of halogens is 3. The number of benzene rings is 1. The van der Waals surface area contributed by atoms with Gasteiger partial charge in [-0.2, -0.15) is 27.9 Å². The van der Waals surface area contributed by atoms with Gasteiger partial charge in [0.05, 0.1) is 17.9 Å². The Balaban J connectivity index is 1.31. The standard InChI is InChI=1S/C25H24F3N7O4/c26-25(27,28)21-18(12-31-35(21)24-29-8-2-9-30-24)23-32-22(33-39-23)17-6-4-16(5-7-17)19(36)14-34-10-1-3-15(13-34)11-20(37)38/h2,4-9,12,15,19,36H,1,3,10-11,13-14H2,(H,37,38)/t15-,19-/m1/s1. The number of aromatic nitrogens is 6. The molecule has 2 N–H and O–H groups in total. The maximum Gasteiger partial charge on any atom is 0.434 e. The molecule has 1 fully saturated rings. The van der Waals surface area contributed by atoms with Crippen molar-refractivity contribution < 1.29 is 32.7 Å². The van der Waals surface area contributed by atoms with E-state index in [1.54, 1.807) is 24.3 Å². The number of piperidine rings is 1. The summed E-state index contributed by atoms with van der Waals surface area (Å²) in [7, 11) is 0. The molecule has 0 unspecified atom stereocenters. The highest BCUT2D eigenvalue weighted by Gasteiger charge is 2.41. The van der Waals surface area contributed by atoms with E-state index in [9.17, 15) is 23.1 Å². The molecule has 3 aromatic heterocycles. The molecule has 2 atom stereocenters. The molecule has 0 bridgehead atoms. The van der Waals surface area contributed by atoms with Crippen LogP contribution in [0.2, 0.25) is 0 Å². The van der Waals surface area contributed by atoms with Crippen LogP contribution in [0.25, 0.3) is 28.8 Å². The monoisotopic (exact) mass is 543 g/mol. The number of rotatable bonds is 8. The highest BCUT2D eigenvalue weighted by molar-refractivity contribution is 5.67. The number of hydrogen-bond acceptors (Lipinski definition) is 9. The summed E-state index contributed by atoms with van der Waals surface area (Å²) in [5.41, 5.74) is -0.451. The summed E-state index contributed by atoms with van der Waals surface area (Å²) in [5, 5.41) is 27.4. The van der Waals surface area contributed by atoms with Gasteiger partial charge in [-0.1, -0.05) is 29.4 Å². The van der Waals surface area contributed by atoms with Crippen molar-refractivity contribution >= 4 is 5.97 Å². The van der Waals surface area contributed by atoms with Crippen molar-refractivity contribution in [3.8, 4) is 28.8 Å². The van der Waals surface area contributed by atoms with E-state index >= 15 is 0 Å². The molecule has 1 aromatic carbocycles. The number of aliphatic hydroxyl groups is 1. The summed E-state index contributed by atoms with van der Waals surface area (Å²) in [6, 6.07) is 8.12. The minimum atomic E-state index is -4.81. The summed E-state index contributed by atoms with van der Waals surface area (Å²) in [6.45, 7) is 1.75. The first kappa shape index (κ1) is 26.4. The second kappa shape index (κ2) is 10.9. The van der Waals surface area contributed by atoms with Crippen molar-refractivity contribution in [2.75, 3.05) is 19.6 Å². The first-order chi connectivity index (χ1) is 18.7. The number of aliphatic carboxylic acids is 1. The smallest absolute Gasteiger partial charge is 0.434 e. The maximum absolute atomic E-state index is 13.9. The van der Waals surface area contributed by atoms with Gasteiger partial charge >= 0.3 is 12.1 Å². The lowest BCUT2D eigenvalue weighted by molar-refractivity contribution is -0.142. The molecule has 5 rings (SSSR count). The van der Waals surface area contributed by atoms with E-state index in [0.29, 0.717) is 28.9 Å². The van der Waals surface area contributed by atoms with E-state index < -0.39 is 29.5 Å². The molecule has 0 spiro atoms. The summed E-state index contributed by atoms with van der Waals surface area (Å²) in [5.74, 6) is -1.33. The van der Waals surface area contributed by atoms with Crippen LogP contribution in [0.5, 0.6) is 0 Å². The van der Waals surface area contributed by atoms with Crippen molar-refractivity contribution in [3.63, 3.8) is 0 Å². The van der Waals surface area contributed by atoms with Gasteiger partial charge in [0.1, 0.15) is 0 Å². The molecule has 14 heteroatoms. The zero-order valence-corrected chi connectivity index (χ0v) is 20.5. The van der Waals surface area contributed by atoms with E-state index in [1.807, 2.05) is 0 Å². The van der Waals surface area contributed by atoms with Gasteiger partial charge in [0, 0.05) is 37.5 Å². The Kier molecular flexibility index (Phi) is 7.39. The van der Waals surface area contributed by atoms with Crippen LogP contribution in [0, 0.1) is 5.92 Å². The molecule has 1 saturated heterocycles. The predicted octanol–water partition coefficient (Wildman–Crippen LogP) is 3.62. The average molecular weight is 544 g/mol. The van der Waals surface area contributed by atoms with Crippen LogP contribution in [-0.4, -0.2) is 70.6 Å². The molecule has 4 aromatic rings. The number of alkyl halides is 3. The molecule has 0 radical (unpaired) electrons. The van der Waals surface area contributed by atoms with Crippen molar-refractivity contribution in [1.82, 2.24) is 34.8 Å². The van der Waals surface area contributed by atoms with E-state index in [0.717, 1.165) is 25.6 Å². The third-order valence-electron chi connectivity index (χ3n) is 6.49. The fourth-order valence-electron chi connectivity index (χ4n) is 4.72. The fraction of sp³-hybridized carbons (Fsp3) is 0.360. The zero-order valence-electron chi connectivity index (χ0n) is 20.5. The van der Waals surface area contributed by atoms with E-state index in [-0.39, 0.29) is 30.0 Å². The molecule has 4 heterocycles. The van der Waals surface area contributed by atoms with Gasteiger partial charge in [-0.15, -0.1) is 0 Å².